The minimum Gasteiger partial charge on any atom is -0.489 e. The zero-order valence-corrected chi connectivity index (χ0v) is 30.3. The van der Waals surface area contributed by atoms with E-state index in [0.717, 1.165) is 46.1 Å². The third-order valence-electron chi connectivity index (χ3n) is 7.24. The molecule has 1 heterocycles. The number of benzene rings is 3. The van der Waals surface area contributed by atoms with Crippen molar-refractivity contribution >= 4 is 18.1 Å². The van der Waals surface area contributed by atoms with Crippen molar-refractivity contribution in [2.24, 2.45) is 10.9 Å². The topological polar surface area (TPSA) is 58.9 Å². The summed E-state index contributed by atoms with van der Waals surface area (Å²) in [5, 5.41) is 12.5. The van der Waals surface area contributed by atoms with Crippen molar-refractivity contribution in [3.63, 3.8) is 0 Å². The van der Waals surface area contributed by atoms with E-state index < -0.39 is 5.60 Å². The highest BCUT2D eigenvalue weighted by atomic mass is 16.5. The summed E-state index contributed by atoms with van der Waals surface area (Å²) in [6.45, 7) is 26.5. The highest BCUT2D eigenvalue weighted by Gasteiger charge is 2.35. The van der Waals surface area contributed by atoms with Gasteiger partial charge in [-0.2, -0.15) is 0 Å². The quantitative estimate of drug-likeness (QED) is 0.177. The standard InChI is InChI=1S/C33H35NO3.4C2H6/c1-6-22(2)19-34-20-25(5)33(36)28-12-10-23(3)31(17-28)30(14-15-35)27-9-7-8-26(16-27)21-37-32-18-29(33)13-11-24(32)4;4*1-2/h7-20,22,36H,6,21H2,1-5H3;4*1-2H3/b25-20+,30-14-,34-19?;;;;. The highest BCUT2D eigenvalue weighted by molar-refractivity contribution is 5.91. The third-order valence-corrected chi connectivity index (χ3v) is 7.24. The van der Waals surface area contributed by atoms with Crippen LogP contribution in [-0.2, 0) is 17.0 Å². The molecular formula is C41H59NO3. The van der Waals surface area contributed by atoms with E-state index >= 15 is 0 Å². The number of aliphatic imine (C=N–C) groups is 1. The Balaban J connectivity index is 0.00000224. The van der Waals surface area contributed by atoms with E-state index in [4.69, 9.17) is 4.74 Å². The molecule has 0 saturated heterocycles. The van der Waals surface area contributed by atoms with Gasteiger partial charge in [0.25, 0.3) is 0 Å². The maximum Gasteiger partial charge on any atom is 0.143 e. The van der Waals surface area contributed by atoms with Gasteiger partial charge in [-0.15, -0.1) is 0 Å². The number of ether oxygens (including phenoxy) is 1. The first-order valence-corrected chi connectivity index (χ1v) is 16.8. The van der Waals surface area contributed by atoms with E-state index in [0.29, 0.717) is 35.0 Å². The molecule has 3 aromatic carbocycles. The third kappa shape index (κ3) is 10.7. The number of carbonyl (C=O) groups is 1. The van der Waals surface area contributed by atoms with Gasteiger partial charge in [0.2, 0.25) is 0 Å². The maximum atomic E-state index is 12.5. The summed E-state index contributed by atoms with van der Waals surface area (Å²) in [5.74, 6) is 1.06. The van der Waals surface area contributed by atoms with E-state index in [2.05, 4.69) is 24.9 Å². The largest absolute Gasteiger partial charge is 0.489 e. The van der Waals surface area contributed by atoms with Crippen LogP contribution in [0.25, 0.3) is 5.57 Å². The average molecular weight is 614 g/mol. The first-order chi connectivity index (χ1) is 21.8. The molecule has 4 rings (SSSR count). The minimum atomic E-state index is -1.46. The van der Waals surface area contributed by atoms with Crippen LogP contribution in [0, 0.1) is 19.8 Å². The monoisotopic (exact) mass is 613 g/mol. The molecular weight excluding hydrogens is 554 g/mol. The molecule has 0 amide bonds. The number of hydrogen-bond acceptors (Lipinski definition) is 4. The number of nitrogens with zero attached hydrogens (tertiary/aromatic N) is 1. The van der Waals surface area contributed by atoms with Gasteiger partial charge < -0.3 is 9.84 Å². The van der Waals surface area contributed by atoms with E-state index in [1.54, 1.807) is 12.3 Å². The van der Waals surface area contributed by atoms with Crippen LogP contribution in [0.5, 0.6) is 5.75 Å². The Morgan fingerprint density at radius 3 is 2.11 bits per heavy atom. The Morgan fingerprint density at radius 2 is 1.51 bits per heavy atom. The van der Waals surface area contributed by atoms with Crippen molar-refractivity contribution in [1.82, 2.24) is 0 Å². The minimum absolute atomic E-state index is 0.343. The van der Waals surface area contributed by atoms with Gasteiger partial charge in [-0.1, -0.05) is 112 Å². The van der Waals surface area contributed by atoms with Crippen LogP contribution >= 0.6 is 0 Å². The summed E-state index contributed by atoms with van der Waals surface area (Å²) < 4.78 is 6.26. The number of fused-ring (bicyclic) bond motifs is 6. The lowest BCUT2D eigenvalue weighted by molar-refractivity contribution is -0.104. The second kappa shape index (κ2) is 21.9. The van der Waals surface area contributed by atoms with Crippen molar-refractivity contribution in [3.8, 4) is 5.75 Å². The molecule has 2 atom stereocenters. The van der Waals surface area contributed by atoms with Crippen LogP contribution in [0.15, 0.2) is 83.5 Å². The number of carbonyl (C=O) groups excluding carboxylic acids is 1. The lowest BCUT2D eigenvalue weighted by Gasteiger charge is -2.31. The zero-order valence-electron chi connectivity index (χ0n) is 30.3. The van der Waals surface area contributed by atoms with Gasteiger partial charge in [-0.05, 0) is 107 Å². The number of aliphatic hydroxyl groups is 1. The van der Waals surface area contributed by atoms with Crippen LogP contribution in [0.3, 0.4) is 0 Å². The molecule has 4 heteroatoms. The number of hydrogen-bond donors (Lipinski definition) is 1. The molecule has 4 nitrogen and oxygen atoms in total. The van der Waals surface area contributed by atoms with Crippen molar-refractivity contribution < 1.29 is 14.6 Å². The molecule has 0 aromatic heterocycles. The van der Waals surface area contributed by atoms with Crippen LogP contribution in [0.4, 0.5) is 0 Å². The SMILES string of the molecule is CC.CC.CC.CC.CCC(C)C=N/C=C(\C)C1(O)c2ccc(C)c(c2)OCc2cccc(c2)/C(=C/C=O)c2cc1ccc2C. The van der Waals surface area contributed by atoms with Crippen LogP contribution in [0.1, 0.15) is 122 Å². The zero-order chi connectivity index (χ0) is 34.6. The Hall–Kier alpha value is -3.76. The maximum absolute atomic E-state index is 12.5. The second-order valence-corrected chi connectivity index (χ2v) is 9.92. The molecule has 1 N–H and O–H groups in total. The fourth-order valence-electron chi connectivity index (χ4n) is 4.64. The van der Waals surface area contributed by atoms with E-state index in [1.165, 1.54) is 0 Å². The Labute approximate surface area is 275 Å². The Kier molecular flexibility index (Phi) is 20.0. The highest BCUT2D eigenvalue weighted by Crippen LogP contribution is 2.41. The van der Waals surface area contributed by atoms with Crippen molar-refractivity contribution in [2.75, 3.05) is 0 Å². The van der Waals surface area contributed by atoms with Gasteiger partial charge in [0.15, 0.2) is 0 Å². The molecule has 0 fully saturated rings. The van der Waals surface area contributed by atoms with Gasteiger partial charge in [-0.3, -0.25) is 9.79 Å². The normalized spacial score (nSPS) is 16.6. The number of rotatable bonds is 5. The molecule has 45 heavy (non-hydrogen) atoms. The Bertz CT molecular complexity index is 1400. The molecule has 0 aliphatic carbocycles. The molecule has 0 saturated carbocycles. The summed E-state index contributed by atoms with van der Waals surface area (Å²) >= 11 is 0. The van der Waals surface area contributed by atoms with Gasteiger partial charge >= 0.3 is 0 Å². The average Bonchev–Trinajstić information content (AvgIpc) is 3.10. The summed E-state index contributed by atoms with van der Waals surface area (Å²) in [5.41, 5.74) is 6.23. The van der Waals surface area contributed by atoms with Crippen molar-refractivity contribution in [2.45, 2.75) is 109 Å². The van der Waals surface area contributed by atoms with Gasteiger partial charge in [0.05, 0.1) is 0 Å². The predicted molar refractivity (Wildman–Crippen MR) is 196 cm³/mol. The predicted octanol–water partition coefficient (Wildman–Crippen LogP) is 11.2. The molecule has 6 bridgehead atoms. The molecule has 3 aromatic rings. The molecule has 246 valence electrons. The fourth-order valence-corrected chi connectivity index (χ4v) is 4.64. The summed E-state index contributed by atoms with van der Waals surface area (Å²) in [6, 6.07) is 19.8. The summed E-state index contributed by atoms with van der Waals surface area (Å²) in [4.78, 5) is 16.3. The second-order valence-electron chi connectivity index (χ2n) is 9.92. The van der Waals surface area contributed by atoms with Gasteiger partial charge in [-0.25, -0.2) is 0 Å². The molecule has 0 spiro atoms. The number of aryl methyl sites for hydroxylation is 2. The van der Waals surface area contributed by atoms with Crippen LogP contribution in [-0.4, -0.2) is 17.6 Å². The molecule has 1 aliphatic rings. The van der Waals surface area contributed by atoms with Crippen LogP contribution in [0.2, 0.25) is 0 Å². The van der Waals surface area contributed by atoms with E-state index in [9.17, 15) is 9.90 Å². The fraction of sp³-hybridized carbons (Fsp3) is 0.415. The molecule has 1 aliphatic heterocycles. The number of aldehydes is 1. The molecule has 0 radical (unpaired) electrons. The van der Waals surface area contributed by atoms with Crippen molar-refractivity contribution in [1.29, 1.82) is 0 Å². The first-order valence-electron chi connectivity index (χ1n) is 16.8. The van der Waals surface area contributed by atoms with Crippen LogP contribution < -0.4 is 4.74 Å². The lowest BCUT2D eigenvalue weighted by Crippen LogP contribution is -2.29. The van der Waals surface area contributed by atoms with Gasteiger partial charge in [0.1, 0.15) is 24.2 Å². The molecule has 2 unspecified atom stereocenters. The van der Waals surface area contributed by atoms with E-state index in [-0.39, 0.29) is 0 Å². The summed E-state index contributed by atoms with van der Waals surface area (Å²) in [7, 11) is 0. The smallest absolute Gasteiger partial charge is 0.143 e. The summed E-state index contributed by atoms with van der Waals surface area (Å²) in [6.07, 6.45) is 7.06. The lowest BCUT2D eigenvalue weighted by atomic mass is 9.78. The number of allylic oxidation sites excluding steroid dienone is 1. The van der Waals surface area contributed by atoms with E-state index in [1.807, 2.05) is 137 Å². The van der Waals surface area contributed by atoms with Crippen molar-refractivity contribution in [3.05, 3.63) is 117 Å². The van der Waals surface area contributed by atoms with Gasteiger partial charge in [0, 0.05) is 12.4 Å². The Morgan fingerprint density at radius 1 is 0.911 bits per heavy atom. The first kappa shape index (κ1) is 41.2.